The average molecular weight is 316 g/mol. The minimum absolute atomic E-state index is 0.0455. The number of aromatic nitrogens is 2. The molecule has 3 heterocycles. The van der Waals surface area contributed by atoms with Gasteiger partial charge in [-0.15, -0.1) is 11.3 Å². The van der Waals surface area contributed by atoms with Gasteiger partial charge in [0.25, 0.3) is 5.91 Å². The Morgan fingerprint density at radius 1 is 1.33 bits per heavy atom. The molecule has 0 bridgehead atoms. The maximum atomic E-state index is 12.3. The van der Waals surface area contributed by atoms with E-state index in [2.05, 4.69) is 9.97 Å². The molecule has 0 aliphatic carbocycles. The second kappa shape index (κ2) is 4.38. The second-order valence-corrected chi connectivity index (χ2v) is 5.13. The number of hydrogen-bond acceptors (Lipinski definition) is 5. The van der Waals surface area contributed by atoms with Crippen molar-refractivity contribution in [2.24, 2.45) is 0 Å². The van der Waals surface area contributed by atoms with Crippen LogP contribution in [0.5, 0.6) is 0 Å². The molecular weight excluding hydrogens is 309 g/mol. The third-order valence-electron chi connectivity index (χ3n) is 3.02. The van der Waals surface area contributed by atoms with E-state index in [1.165, 1.54) is 18.3 Å². The molecule has 2 amide bonds. The van der Waals surface area contributed by atoms with Crippen molar-refractivity contribution in [2.75, 3.05) is 0 Å². The van der Waals surface area contributed by atoms with Crippen molar-refractivity contribution in [2.45, 2.75) is 19.1 Å². The fraction of sp³-hybridized carbons (Fsp3) is 0.273. The van der Waals surface area contributed by atoms with Gasteiger partial charge < -0.3 is 0 Å². The molecule has 21 heavy (non-hydrogen) atoms. The van der Waals surface area contributed by atoms with E-state index in [9.17, 15) is 22.8 Å². The first kappa shape index (κ1) is 13.7. The summed E-state index contributed by atoms with van der Waals surface area (Å²) >= 11 is 1.35. The van der Waals surface area contributed by atoms with E-state index in [1.807, 2.05) is 0 Å². The predicted octanol–water partition coefficient (Wildman–Crippen LogP) is 1.80. The normalized spacial score (nSPS) is 18.2. The van der Waals surface area contributed by atoms with Crippen molar-refractivity contribution >= 4 is 34.2 Å². The van der Waals surface area contributed by atoms with Crippen LogP contribution >= 0.6 is 11.3 Å². The summed E-state index contributed by atoms with van der Waals surface area (Å²) in [6, 6.07) is -0.824. The van der Waals surface area contributed by atoms with Gasteiger partial charge in [-0.3, -0.25) is 15.0 Å². The predicted molar refractivity (Wildman–Crippen MR) is 66.2 cm³/mol. The van der Waals surface area contributed by atoms with E-state index < -0.39 is 24.0 Å². The summed E-state index contributed by atoms with van der Waals surface area (Å²) in [5.74, 6) is -3.02. The molecule has 1 N–H and O–H groups in total. The lowest BCUT2D eigenvalue weighted by Gasteiger charge is -2.22. The highest BCUT2D eigenvalue weighted by Gasteiger charge is 2.44. The third-order valence-corrected chi connectivity index (χ3v) is 3.74. The molecule has 0 fully saturated rings. The molecule has 10 heteroatoms. The SMILES string of the molecule is CC1c2nc3cscc3nc2C(=O)N1NC(=O)C(F)(F)F. The van der Waals surface area contributed by atoms with Gasteiger partial charge in [0.05, 0.1) is 17.3 Å². The van der Waals surface area contributed by atoms with Crippen molar-refractivity contribution in [3.05, 3.63) is 22.1 Å². The zero-order valence-electron chi connectivity index (χ0n) is 10.4. The number of fused-ring (bicyclic) bond motifs is 2. The summed E-state index contributed by atoms with van der Waals surface area (Å²) in [5.41, 5.74) is 2.80. The number of nitrogens with one attached hydrogen (secondary N) is 1. The average Bonchev–Trinajstić information content (AvgIpc) is 2.94. The van der Waals surface area contributed by atoms with Crippen molar-refractivity contribution in [1.82, 2.24) is 20.4 Å². The molecule has 3 rings (SSSR count). The molecule has 6 nitrogen and oxygen atoms in total. The van der Waals surface area contributed by atoms with Gasteiger partial charge in [-0.25, -0.2) is 15.0 Å². The lowest BCUT2D eigenvalue weighted by molar-refractivity contribution is -0.178. The number of halogens is 3. The maximum absolute atomic E-state index is 12.3. The van der Waals surface area contributed by atoms with Gasteiger partial charge in [-0.05, 0) is 6.92 Å². The Hall–Kier alpha value is -2.23. The van der Waals surface area contributed by atoms with Gasteiger partial charge in [0, 0.05) is 10.8 Å². The first-order valence-electron chi connectivity index (χ1n) is 5.74. The van der Waals surface area contributed by atoms with Crippen molar-refractivity contribution in [3.63, 3.8) is 0 Å². The van der Waals surface area contributed by atoms with Crippen LogP contribution in [0.2, 0.25) is 0 Å². The monoisotopic (exact) mass is 316 g/mol. The Morgan fingerprint density at radius 2 is 1.95 bits per heavy atom. The maximum Gasteiger partial charge on any atom is 0.472 e. The topological polar surface area (TPSA) is 75.2 Å². The van der Waals surface area contributed by atoms with E-state index in [-0.39, 0.29) is 11.4 Å². The summed E-state index contributed by atoms with van der Waals surface area (Å²) in [5, 5.41) is 4.00. The van der Waals surface area contributed by atoms with Crippen LogP contribution < -0.4 is 5.43 Å². The highest BCUT2D eigenvalue weighted by molar-refractivity contribution is 7.09. The molecule has 1 atom stereocenters. The Balaban J connectivity index is 1.96. The zero-order valence-corrected chi connectivity index (χ0v) is 11.2. The molecule has 2 aromatic heterocycles. The number of thiophene rings is 1. The molecule has 0 saturated carbocycles. The lowest BCUT2D eigenvalue weighted by Crippen LogP contribution is -2.49. The number of alkyl halides is 3. The summed E-state index contributed by atoms with van der Waals surface area (Å²) in [6.45, 7) is 1.47. The fourth-order valence-corrected chi connectivity index (χ4v) is 2.67. The van der Waals surface area contributed by atoms with Crippen LogP contribution in [0.3, 0.4) is 0 Å². The second-order valence-electron chi connectivity index (χ2n) is 4.39. The minimum Gasteiger partial charge on any atom is -0.265 e. The molecule has 1 aliphatic rings. The third kappa shape index (κ3) is 2.11. The first-order chi connectivity index (χ1) is 9.79. The van der Waals surface area contributed by atoms with Crippen LogP contribution in [0.1, 0.15) is 29.1 Å². The van der Waals surface area contributed by atoms with Gasteiger partial charge in [-0.1, -0.05) is 0 Å². The minimum atomic E-state index is -5.07. The van der Waals surface area contributed by atoms with Crippen molar-refractivity contribution < 1.29 is 22.8 Å². The summed E-state index contributed by atoms with van der Waals surface area (Å²) in [6.07, 6.45) is -5.07. The Kier molecular flexibility index (Phi) is 2.87. The molecule has 1 unspecified atom stereocenters. The van der Waals surface area contributed by atoms with E-state index in [0.29, 0.717) is 16.0 Å². The Bertz CT molecular complexity index is 757. The van der Waals surface area contributed by atoms with Gasteiger partial charge in [0.15, 0.2) is 5.69 Å². The molecule has 0 aromatic carbocycles. The molecule has 0 saturated heterocycles. The van der Waals surface area contributed by atoms with Crippen LogP contribution in [0, 0.1) is 0 Å². The van der Waals surface area contributed by atoms with Gasteiger partial charge in [0.1, 0.15) is 5.52 Å². The number of hydrogen-bond donors (Lipinski definition) is 1. The highest BCUT2D eigenvalue weighted by Crippen LogP contribution is 2.31. The van der Waals surface area contributed by atoms with E-state index in [4.69, 9.17) is 0 Å². The Labute approximate surface area is 119 Å². The summed E-state index contributed by atoms with van der Waals surface area (Å²) in [4.78, 5) is 31.4. The molecule has 2 aromatic rings. The number of nitrogens with zero attached hydrogens (tertiary/aromatic N) is 3. The van der Waals surface area contributed by atoms with Gasteiger partial charge in [0.2, 0.25) is 0 Å². The van der Waals surface area contributed by atoms with Crippen LogP contribution in [0.4, 0.5) is 13.2 Å². The van der Waals surface area contributed by atoms with Crippen molar-refractivity contribution in [3.8, 4) is 0 Å². The highest BCUT2D eigenvalue weighted by atomic mass is 32.1. The number of carbonyl (C=O) groups excluding carboxylic acids is 2. The standard InChI is InChI=1S/C11H7F3N4O2S/c1-4-7-8(16-6-3-21-2-5(6)15-7)9(19)18(4)17-10(20)11(12,13)14/h2-4H,1H3,(H,17,20). The number of carbonyl (C=O) groups is 2. The molecule has 0 spiro atoms. The Morgan fingerprint density at radius 3 is 2.57 bits per heavy atom. The van der Waals surface area contributed by atoms with E-state index in [1.54, 1.807) is 16.2 Å². The lowest BCUT2D eigenvalue weighted by atomic mass is 10.2. The molecule has 110 valence electrons. The summed E-state index contributed by atoms with van der Waals surface area (Å²) in [7, 11) is 0. The quantitative estimate of drug-likeness (QED) is 0.870. The van der Waals surface area contributed by atoms with Gasteiger partial charge in [-0.2, -0.15) is 13.2 Å². The largest absolute Gasteiger partial charge is 0.472 e. The first-order valence-corrected chi connectivity index (χ1v) is 6.68. The zero-order chi connectivity index (χ0) is 15.4. The van der Waals surface area contributed by atoms with E-state index >= 15 is 0 Å². The van der Waals surface area contributed by atoms with Crippen LogP contribution in [0.15, 0.2) is 10.8 Å². The number of amides is 2. The smallest absolute Gasteiger partial charge is 0.265 e. The molecular formula is C11H7F3N4O2S. The van der Waals surface area contributed by atoms with Crippen LogP contribution in [-0.4, -0.2) is 33.0 Å². The van der Waals surface area contributed by atoms with Crippen molar-refractivity contribution in [1.29, 1.82) is 0 Å². The van der Waals surface area contributed by atoms with Gasteiger partial charge >= 0.3 is 12.1 Å². The number of hydrazine groups is 1. The fourth-order valence-electron chi connectivity index (χ4n) is 1.99. The number of rotatable bonds is 1. The van der Waals surface area contributed by atoms with Crippen LogP contribution in [0.25, 0.3) is 11.0 Å². The molecule has 0 radical (unpaired) electrons. The summed E-state index contributed by atoms with van der Waals surface area (Å²) < 4.78 is 36.9. The van der Waals surface area contributed by atoms with Crippen LogP contribution in [-0.2, 0) is 4.79 Å². The van der Waals surface area contributed by atoms with E-state index in [0.717, 1.165) is 0 Å². The molecule has 1 aliphatic heterocycles.